The van der Waals surface area contributed by atoms with Gasteiger partial charge in [-0.05, 0) is 35.9 Å². The maximum atomic E-state index is 13.1. The SMILES string of the molecule is Cn1c(C(=O)N2CCN(Cc3ccc(OCC(F)(F)F)cc3)CC2)cc2ccc(OCl)cc21. The molecule has 0 spiro atoms. The zero-order valence-electron chi connectivity index (χ0n) is 17.9. The second kappa shape index (κ2) is 9.52. The summed E-state index contributed by atoms with van der Waals surface area (Å²) >= 11 is 5.44. The number of nitrogens with zero attached hydrogens (tertiary/aromatic N) is 3. The van der Waals surface area contributed by atoms with Gasteiger partial charge in [0.05, 0.1) is 5.52 Å². The average Bonchev–Trinajstić information content (AvgIpc) is 3.14. The van der Waals surface area contributed by atoms with Gasteiger partial charge in [0.2, 0.25) is 0 Å². The maximum absolute atomic E-state index is 13.1. The van der Waals surface area contributed by atoms with Gasteiger partial charge in [0, 0.05) is 51.2 Å². The molecule has 4 rings (SSSR count). The van der Waals surface area contributed by atoms with E-state index in [0.717, 1.165) is 16.5 Å². The Morgan fingerprint density at radius 1 is 1.00 bits per heavy atom. The number of halogens is 4. The van der Waals surface area contributed by atoms with Gasteiger partial charge in [-0.3, -0.25) is 9.69 Å². The highest BCUT2D eigenvalue weighted by Gasteiger charge is 2.28. The highest BCUT2D eigenvalue weighted by Crippen LogP contribution is 2.26. The summed E-state index contributed by atoms with van der Waals surface area (Å²) in [5.74, 6) is 0.664. The number of fused-ring (bicyclic) bond motifs is 1. The molecule has 0 N–H and O–H groups in total. The van der Waals surface area contributed by atoms with E-state index in [1.54, 1.807) is 36.4 Å². The Morgan fingerprint density at radius 3 is 2.30 bits per heavy atom. The van der Waals surface area contributed by atoms with E-state index < -0.39 is 12.8 Å². The zero-order chi connectivity index (χ0) is 23.6. The Kier molecular flexibility index (Phi) is 6.71. The van der Waals surface area contributed by atoms with Gasteiger partial charge in [-0.25, -0.2) is 0 Å². The van der Waals surface area contributed by atoms with Crippen LogP contribution >= 0.6 is 11.9 Å². The molecule has 1 aromatic heterocycles. The molecule has 33 heavy (non-hydrogen) atoms. The molecule has 1 saturated heterocycles. The van der Waals surface area contributed by atoms with E-state index in [9.17, 15) is 18.0 Å². The molecule has 0 radical (unpaired) electrons. The van der Waals surface area contributed by atoms with Crippen molar-refractivity contribution in [3.63, 3.8) is 0 Å². The standard InChI is InChI=1S/C23H23ClF3N3O3/c1-28-20-13-19(33-24)7-4-17(20)12-21(28)22(31)30-10-8-29(9-11-30)14-16-2-5-18(6-3-16)32-15-23(25,26)27/h2-7,12-13H,8-11,14-15H2,1H3. The van der Waals surface area contributed by atoms with E-state index >= 15 is 0 Å². The molecular weight excluding hydrogens is 459 g/mol. The van der Waals surface area contributed by atoms with Gasteiger partial charge >= 0.3 is 6.18 Å². The minimum Gasteiger partial charge on any atom is -0.484 e. The molecule has 1 aliphatic heterocycles. The minimum absolute atomic E-state index is 0.0344. The summed E-state index contributed by atoms with van der Waals surface area (Å²) in [6.07, 6.45) is -4.36. The van der Waals surface area contributed by atoms with Crippen LogP contribution in [0.3, 0.4) is 0 Å². The van der Waals surface area contributed by atoms with Crippen molar-refractivity contribution in [2.24, 2.45) is 7.05 Å². The summed E-state index contributed by atoms with van der Waals surface area (Å²) in [7, 11) is 1.84. The van der Waals surface area contributed by atoms with Crippen molar-refractivity contribution in [2.45, 2.75) is 12.7 Å². The fraction of sp³-hybridized carbons (Fsp3) is 0.348. The lowest BCUT2D eigenvalue weighted by atomic mass is 10.2. The third kappa shape index (κ3) is 5.54. The van der Waals surface area contributed by atoms with E-state index in [0.29, 0.717) is 44.2 Å². The molecule has 2 aromatic carbocycles. The first-order chi connectivity index (χ1) is 15.7. The van der Waals surface area contributed by atoms with Crippen LogP contribution in [0.1, 0.15) is 16.1 Å². The minimum atomic E-state index is -4.36. The van der Waals surface area contributed by atoms with Crippen LogP contribution in [0, 0.1) is 0 Å². The summed E-state index contributed by atoms with van der Waals surface area (Å²) in [4.78, 5) is 17.2. The molecule has 6 nitrogen and oxygen atoms in total. The van der Waals surface area contributed by atoms with Crippen molar-refractivity contribution in [3.8, 4) is 11.5 Å². The van der Waals surface area contributed by atoms with Crippen molar-refractivity contribution < 1.29 is 27.0 Å². The number of carbonyl (C=O) groups excluding carboxylic acids is 1. The van der Waals surface area contributed by atoms with Crippen LogP contribution in [0.15, 0.2) is 48.5 Å². The predicted octanol–water partition coefficient (Wildman–Crippen LogP) is 4.61. The third-order valence-corrected chi connectivity index (χ3v) is 5.89. The smallest absolute Gasteiger partial charge is 0.422 e. The summed E-state index contributed by atoms with van der Waals surface area (Å²) in [5.41, 5.74) is 2.43. The molecule has 0 saturated carbocycles. The summed E-state index contributed by atoms with van der Waals surface area (Å²) < 4.78 is 48.1. The number of alkyl halides is 3. The third-order valence-electron chi connectivity index (χ3n) is 5.72. The number of ether oxygens (including phenoxy) is 1. The number of benzene rings is 2. The molecule has 2 heterocycles. The number of carbonyl (C=O) groups is 1. The first-order valence-corrected chi connectivity index (χ1v) is 10.7. The summed E-state index contributed by atoms with van der Waals surface area (Å²) in [6.45, 7) is 1.92. The monoisotopic (exact) mass is 481 g/mol. The molecule has 0 bridgehead atoms. The van der Waals surface area contributed by atoms with Crippen LogP contribution in [0.2, 0.25) is 0 Å². The molecule has 0 unspecified atom stereocenters. The summed E-state index contributed by atoms with van der Waals surface area (Å²) in [6, 6.07) is 13.9. The largest absolute Gasteiger partial charge is 0.484 e. The highest BCUT2D eigenvalue weighted by molar-refractivity contribution is 6.09. The molecule has 176 valence electrons. The normalized spacial score (nSPS) is 15.1. The first-order valence-electron chi connectivity index (χ1n) is 10.4. The van der Waals surface area contributed by atoms with Gasteiger partial charge in [0.25, 0.3) is 5.91 Å². The Labute approximate surface area is 194 Å². The quantitative estimate of drug-likeness (QED) is 0.516. The predicted molar refractivity (Wildman–Crippen MR) is 119 cm³/mol. The number of hydrogen-bond donors (Lipinski definition) is 0. The molecule has 1 fully saturated rings. The summed E-state index contributed by atoms with van der Waals surface area (Å²) in [5, 5.41) is 0.930. The molecule has 10 heteroatoms. The lowest BCUT2D eigenvalue weighted by Crippen LogP contribution is -2.48. The zero-order valence-corrected chi connectivity index (χ0v) is 18.7. The van der Waals surface area contributed by atoms with E-state index in [1.807, 2.05) is 28.6 Å². The lowest BCUT2D eigenvalue weighted by molar-refractivity contribution is -0.153. The Morgan fingerprint density at radius 2 is 1.67 bits per heavy atom. The second-order valence-electron chi connectivity index (χ2n) is 8.00. The van der Waals surface area contributed by atoms with Gasteiger partial charge in [0.15, 0.2) is 6.61 Å². The lowest BCUT2D eigenvalue weighted by Gasteiger charge is -2.34. The van der Waals surface area contributed by atoms with Gasteiger partial charge in [-0.2, -0.15) is 13.2 Å². The van der Waals surface area contributed by atoms with Crippen LogP contribution in [-0.4, -0.2) is 59.2 Å². The topological polar surface area (TPSA) is 46.9 Å². The molecule has 1 aliphatic rings. The van der Waals surface area contributed by atoms with Crippen molar-refractivity contribution >= 4 is 28.7 Å². The van der Waals surface area contributed by atoms with Gasteiger partial charge < -0.3 is 18.5 Å². The number of amides is 1. The Hall–Kier alpha value is -2.91. The van der Waals surface area contributed by atoms with Crippen LogP contribution in [-0.2, 0) is 13.6 Å². The van der Waals surface area contributed by atoms with Crippen molar-refractivity contribution in [3.05, 3.63) is 59.8 Å². The van der Waals surface area contributed by atoms with Crippen LogP contribution < -0.4 is 9.03 Å². The number of hydrogen-bond acceptors (Lipinski definition) is 4. The van der Waals surface area contributed by atoms with Crippen LogP contribution in [0.5, 0.6) is 11.5 Å². The maximum Gasteiger partial charge on any atom is 0.422 e. The molecule has 1 amide bonds. The molecule has 0 aliphatic carbocycles. The number of aromatic nitrogens is 1. The molecule has 3 aromatic rings. The van der Waals surface area contributed by atoms with Gasteiger partial charge in [0.1, 0.15) is 29.1 Å². The fourth-order valence-corrected chi connectivity index (χ4v) is 4.04. The molecule has 0 atom stereocenters. The number of piperazine rings is 1. The Bertz CT molecular complexity index is 1120. The van der Waals surface area contributed by atoms with E-state index in [2.05, 4.69) is 4.90 Å². The second-order valence-corrected chi connectivity index (χ2v) is 8.16. The van der Waals surface area contributed by atoms with E-state index in [-0.39, 0.29) is 11.7 Å². The average molecular weight is 482 g/mol. The van der Waals surface area contributed by atoms with E-state index in [1.165, 1.54) is 0 Å². The van der Waals surface area contributed by atoms with Crippen molar-refractivity contribution in [1.82, 2.24) is 14.4 Å². The van der Waals surface area contributed by atoms with Crippen molar-refractivity contribution in [1.29, 1.82) is 0 Å². The fourth-order valence-electron chi connectivity index (χ4n) is 3.95. The van der Waals surface area contributed by atoms with Crippen molar-refractivity contribution in [2.75, 3.05) is 32.8 Å². The van der Waals surface area contributed by atoms with E-state index in [4.69, 9.17) is 20.9 Å². The van der Waals surface area contributed by atoms with Crippen LogP contribution in [0.25, 0.3) is 10.9 Å². The highest BCUT2D eigenvalue weighted by atomic mass is 35.5. The molecular formula is C23H23ClF3N3O3. The Balaban J connectivity index is 1.33. The number of rotatable bonds is 6. The van der Waals surface area contributed by atoms with Gasteiger partial charge in [-0.15, -0.1) is 0 Å². The first kappa shape index (κ1) is 23.3. The number of aryl methyl sites for hydroxylation is 1. The van der Waals surface area contributed by atoms with Gasteiger partial charge in [-0.1, -0.05) is 12.1 Å². The van der Waals surface area contributed by atoms with Crippen LogP contribution in [0.4, 0.5) is 13.2 Å².